The number of hydrogen-bond donors (Lipinski definition) is 2. The van der Waals surface area contributed by atoms with Crippen molar-refractivity contribution in [1.82, 2.24) is 24.4 Å². The molecule has 1 amide bonds. The molecule has 2 N–H and O–H groups in total. The van der Waals surface area contributed by atoms with Crippen molar-refractivity contribution in [2.45, 2.75) is 25.4 Å². The third-order valence-corrected chi connectivity index (χ3v) is 6.70. The summed E-state index contributed by atoms with van der Waals surface area (Å²) in [6.45, 7) is 5.53. The molecule has 0 radical (unpaired) electrons. The standard InChI is InChI=1S/C29H32FN7O3/c1-20(30)28(38)36-14-6-9-23(18-36)37-19-32-25-26(31-17-21-7-4-3-5-8-21)34-29(35-27(25)37)33-22-10-12-24(13-11-22)40-16-15-39-2/h3-5,7-8,10-13,19,23H,1,6,9,14-18H2,2H3,(H2,31,33,34,35). The van der Waals surface area contributed by atoms with Crippen LogP contribution in [0.4, 0.5) is 21.8 Å². The second kappa shape index (κ2) is 12.6. The largest absolute Gasteiger partial charge is 0.491 e. The van der Waals surface area contributed by atoms with Gasteiger partial charge in [-0.2, -0.15) is 9.97 Å². The molecule has 1 aliphatic rings. The number of hydrogen-bond acceptors (Lipinski definition) is 8. The van der Waals surface area contributed by atoms with E-state index in [0.29, 0.717) is 55.8 Å². The average Bonchev–Trinajstić information content (AvgIpc) is 3.41. The minimum Gasteiger partial charge on any atom is -0.491 e. The summed E-state index contributed by atoms with van der Waals surface area (Å²) in [5, 5.41) is 6.68. The van der Waals surface area contributed by atoms with Crippen LogP contribution in [0.1, 0.15) is 24.4 Å². The number of piperidine rings is 1. The molecule has 40 heavy (non-hydrogen) atoms. The lowest BCUT2D eigenvalue weighted by molar-refractivity contribution is -0.130. The van der Waals surface area contributed by atoms with Gasteiger partial charge in [-0.25, -0.2) is 9.37 Å². The van der Waals surface area contributed by atoms with E-state index in [2.05, 4.69) is 22.2 Å². The summed E-state index contributed by atoms with van der Waals surface area (Å²) in [6, 6.07) is 17.4. The fraction of sp³-hybridized carbons (Fsp3) is 0.310. The van der Waals surface area contributed by atoms with Gasteiger partial charge >= 0.3 is 0 Å². The van der Waals surface area contributed by atoms with E-state index < -0.39 is 11.7 Å². The molecule has 208 valence electrons. The Morgan fingerprint density at radius 3 is 2.67 bits per heavy atom. The lowest BCUT2D eigenvalue weighted by Gasteiger charge is -2.33. The smallest absolute Gasteiger partial charge is 0.282 e. The molecule has 1 saturated heterocycles. The van der Waals surface area contributed by atoms with Gasteiger partial charge in [0.25, 0.3) is 5.91 Å². The average molecular weight is 546 g/mol. The predicted octanol–water partition coefficient (Wildman–Crippen LogP) is 4.85. The number of anilines is 3. The van der Waals surface area contributed by atoms with Gasteiger partial charge in [-0.1, -0.05) is 36.9 Å². The Morgan fingerprint density at radius 1 is 1.12 bits per heavy atom. The lowest BCUT2D eigenvalue weighted by atomic mass is 10.1. The first-order valence-electron chi connectivity index (χ1n) is 13.2. The molecule has 10 nitrogen and oxygen atoms in total. The third kappa shape index (κ3) is 6.37. The van der Waals surface area contributed by atoms with Crippen LogP contribution in [0.15, 0.2) is 73.3 Å². The number of ether oxygens (including phenoxy) is 2. The number of methoxy groups -OCH3 is 1. The molecule has 2 aromatic carbocycles. The Hall–Kier alpha value is -4.51. The van der Waals surface area contributed by atoms with E-state index >= 15 is 0 Å². The molecule has 2 aromatic heterocycles. The molecule has 1 unspecified atom stereocenters. The minimum absolute atomic E-state index is 0.115. The van der Waals surface area contributed by atoms with Crippen molar-refractivity contribution in [2.75, 3.05) is 44.0 Å². The van der Waals surface area contributed by atoms with Crippen LogP contribution in [0.5, 0.6) is 5.75 Å². The number of rotatable bonds is 11. The molecule has 4 aromatic rings. The number of benzene rings is 2. The summed E-state index contributed by atoms with van der Waals surface area (Å²) >= 11 is 0. The van der Waals surface area contributed by atoms with Crippen LogP contribution < -0.4 is 15.4 Å². The van der Waals surface area contributed by atoms with E-state index in [1.165, 1.54) is 4.90 Å². The zero-order chi connectivity index (χ0) is 27.9. The summed E-state index contributed by atoms with van der Waals surface area (Å²) in [6.07, 6.45) is 3.25. The number of imidazole rings is 1. The summed E-state index contributed by atoms with van der Waals surface area (Å²) in [5.41, 5.74) is 3.11. The highest BCUT2D eigenvalue weighted by Gasteiger charge is 2.28. The lowest BCUT2D eigenvalue weighted by Crippen LogP contribution is -2.40. The van der Waals surface area contributed by atoms with E-state index in [0.717, 1.165) is 29.8 Å². The van der Waals surface area contributed by atoms with Gasteiger partial charge in [0, 0.05) is 32.4 Å². The Bertz CT molecular complexity index is 1460. The Kier molecular flexibility index (Phi) is 8.50. The first-order chi connectivity index (χ1) is 19.5. The van der Waals surface area contributed by atoms with Gasteiger partial charge < -0.3 is 29.6 Å². The highest BCUT2D eigenvalue weighted by molar-refractivity contribution is 5.90. The van der Waals surface area contributed by atoms with Gasteiger partial charge in [-0.05, 0) is 42.7 Å². The highest BCUT2D eigenvalue weighted by Crippen LogP contribution is 2.30. The number of likely N-dealkylation sites (tertiary alicyclic amines) is 1. The Balaban J connectivity index is 1.43. The van der Waals surface area contributed by atoms with E-state index in [9.17, 15) is 9.18 Å². The Labute approximate surface area is 231 Å². The van der Waals surface area contributed by atoms with Gasteiger partial charge in [0.15, 0.2) is 22.8 Å². The molecule has 1 atom stereocenters. The first kappa shape index (κ1) is 27.1. The van der Waals surface area contributed by atoms with Crippen LogP contribution in [0.25, 0.3) is 11.2 Å². The minimum atomic E-state index is -0.951. The third-order valence-electron chi connectivity index (χ3n) is 6.70. The fourth-order valence-corrected chi connectivity index (χ4v) is 4.69. The van der Waals surface area contributed by atoms with Crippen LogP contribution in [0.2, 0.25) is 0 Å². The number of nitrogens with zero attached hydrogens (tertiary/aromatic N) is 5. The van der Waals surface area contributed by atoms with Gasteiger partial charge in [0.1, 0.15) is 12.4 Å². The van der Waals surface area contributed by atoms with Gasteiger partial charge in [0.2, 0.25) is 5.95 Å². The fourth-order valence-electron chi connectivity index (χ4n) is 4.69. The van der Waals surface area contributed by atoms with Crippen molar-refractivity contribution < 1.29 is 18.7 Å². The summed E-state index contributed by atoms with van der Waals surface area (Å²) in [5.74, 6) is 0.0716. The van der Waals surface area contributed by atoms with E-state index in [4.69, 9.17) is 19.4 Å². The number of aromatic nitrogens is 4. The second-order valence-electron chi connectivity index (χ2n) is 9.50. The molecule has 11 heteroatoms. The molecule has 1 fully saturated rings. The molecule has 0 bridgehead atoms. The molecular weight excluding hydrogens is 513 g/mol. The van der Waals surface area contributed by atoms with Crippen LogP contribution in [0.3, 0.4) is 0 Å². The zero-order valence-electron chi connectivity index (χ0n) is 22.3. The number of fused-ring (bicyclic) bond motifs is 1. The van der Waals surface area contributed by atoms with Crippen molar-refractivity contribution in [3.8, 4) is 5.75 Å². The molecule has 0 saturated carbocycles. The number of carbonyl (C=O) groups is 1. The molecule has 0 aliphatic carbocycles. The zero-order valence-corrected chi connectivity index (χ0v) is 22.3. The first-order valence-corrected chi connectivity index (χ1v) is 13.2. The number of carbonyl (C=O) groups excluding carboxylic acids is 1. The molecular formula is C29H32FN7O3. The highest BCUT2D eigenvalue weighted by atomic mass is 19.1. The van der Waals surface area contributed by atoms with Crippen LogP contribution in [-0.2, 0) is 16.1 Å². The number of halogens is 1. The van der Waals surface area contributed by atoms with Gasteiger partial charge in [-0.3, -0.25) is 4.79 Å². The molecule has 3 heterocycles. The monoisotopic (exact) mass is 545 g/mol. The topological polar surface area (TPSA) is 106 Å². The normalized spacial score (nSPS) is 15.2. The van der Waals surface area contributed by atoms with Crippen LogP contribution >= 0.6 is 0 Å². The van der Waals surface area contributed by atoms with Crippen molar-refractivity contribution in [3.05, 3.63) is 78.9 Å². The van der Waals surface area contributed by atoms with E-state index in [1.807, 2.05) is 59.2 Å². The number of amides is 1. The summed E-state index contributed by atoms with van der Waals surface area (Å²) in [7, 11) is 1.63. The second-order valence-corrected chi connectivity index (χ2v) is 9.50. The summed E-state index contributed by atoms with van der Waals surface area (Å²) < 4.78 is 26.2. The molecule has 5 rings (SSSR count). The van der Waals surface area contributed by atoms with Crippen molar-refractivity contribution in [2.24, 2.45) is 0 Å². The van der Waals surface area contributed by atoms with Gasteiger partial charge in [-0.15, -0.1) is 0 Å². The molecule has 1 aliphatic heterocycles. The maximum atomic E-state index is 13.6. The number of nitrogens with one attached hydrogen (secondary N) is 2. The van der Waals surface area contributed by atoms with Crippen molar-refractivity contribution in [3.63, 3.8) is 0 Å². The SMILES string of the molecule is C=C(F)C(=O)N1CCCC(n2cnc3c(NCc4ccccc4)nc(Nc4ccc(OCCOC)cc4)nc32)C1. The van der Waals surface area contributed by atoms with Crippen molar-refractivity contribution >= 4 is 34.5 Å². The predicted molar refractivity (Wildman–Crippen MR) is 151 cm³/mol. The molecule has 0 spiro atoms. The maximum Gasteiger partial charge on any atom is 0.282 e. The van der Waals surface area contributed by atoms with Crippen molar-refractivity contribution in [1.29, 1.82) is 0 Å². The van der Waals surface area contributed by atoms with E-state index in [-0.39, 0.29) is 6.04 Å². The summed E-state index contributed by atoms with van der Waals surface area (Å²) in [4.78, 5) is 27.9. The maximum absolute atomic E-state index is 13.6. The van der Waals surface area contributed by atoms with Gasteiger partial charge in [0.05, 0.1) is 19.0 Å². The van der Waals surface area contributed by atoms with Crippen LogP contribution in [0, 0.1) is 0 Å². The quantitative estimate of drug-likeness (QED) is 0.203. The Morgan fingerprint density at radius 2 is 1.93 bits per heavy atom. The van der Waals surface area contributed by atoms with Crippen LogP contribution in [-0.4, -0.2) is 63.7 Å². The van der Waals surface area contributed by atoms with E-state index in [1.54, 1.807) is 13.4 Å².